The Hall–Kier alpha value is -0.970. The lowest BCUT2D eigenvalue weighted by atomic mass is 10.4. The Kier molecular flexibility index (Phi) is 4.27. The predicted molar refractivity (Wildman–Crippen MR) is 70.4 cm³/mol. The van der Waals surface area contributed by atoms with Gasteiger partial charge in [0.05, 0.1) is 0 Å². The molecule has 1 N–H and O–H groups in total. The van der Waals surface area contributed by atoms with Gasteiger partial charge in [-0.25, -0.2) is 9.97 Å². The number of rotatable bonds is 4. The standard InChI is InChI=1S/C11H18N4S/c1-2-3-12-10-8-11(14-9-13-10)15-4-6-16-7-5-15/h8-9H,2-7H2,1H3,(H,12,13,14). The van der Waals surface area contributed by atoms with Gasteiger partial charge in [-0.15, -0.1) is 0 Å². The van der Waals surface area contributed by atoms with E-state index >= 15 is 0 Å². The fourth-order valence-corrected chi connectivity index (χ4v) is 2.57. The monoisotopic (exact) mass is 238 g/mol. The van der Waals surface area contributed by atoms with Crippen LogP contribution in [0.15, 0.2) is 12.4 Å². The van der Waals surface area contributed by atoms with Gasteiger partial charge in [-0.2, -0.15) is 11.8 Å². The van der Waals surface area contributed by atoms with Crippen molar-refractivity contribution in [2.75, 3.05) is 41.4 Å². The van der Waals surface area contributed by atoms with Crippen molar-refractivity contribution in [2.45, 2.75) is 13.3 Å². The molecule has 88 valence electrons. The third-order valence-electron chi connectivity index (χ3n) is 2.54. The number of hydrogen-bond acceptors (Lipinski definition) is 5. The maximum absolute atomic E-state index is 4.34. The van der Waals surface area contributed by atoms with Gasteiger partial charge in [0.1, 0.15) is 18.0 Å². The minimum atomic E-state index is 0.935. The van der Waals surface area contributed by atoms with Gasteiger partial charge in [-0.3, -0.25) is 0 Å². The fourth-order valence-electron chi connectivity index (χ4n) is 1.66. The van der Waals surface area contributed by atoms with Gasteiger partial charge >= 0.3 is 0 Å². The first-order valence-electron chi connectivity index (χ1n) is 5.79. The second-order valence-corrected chi connectivity index (χ2v) is 5.01. The van der Waals surface area contributed by atoms with Gasteiger partial charge < -0.3 is 10.2 Å². The summed E-state index contributed by atoms with van der Waals surface area (Å²) in [5.74, 6) is 4.38. The highest BCUT2D eigenvalue weighted by Crippen LogP contribution is 2.18. The average molecular weight is 238 g/mol. The summed E-state index contributed by atoms with van der Waals surface area (Å²) in [4.78, 5) is 10.9. The molecule has 5 heteroatoms. The van der Waals surface area contributed by atoms with Gasteiger partial charge in [0.2, 0.25) is 0 Å². The van der Waals surface area contributed by atoms with Gasteiger partial charge in [-0.1, -0.05) is 6.92 Å². The summed E-state index contributed by atoms with van der Waals surface area (Å²) in [6.07, 6.45) is 2.76. The summed E-state index contributed by atoms with van der Waals surface area (Å²) < 4.78 is 0. The molecule has 0 amide bonds. The van der Waals surface area contributed by atoms with Crippen molar-refractivity contribution in [3.8, 4) is 0 Å². The zero-order valence-electron chi connectivity index (χ0n) is 9.65. The van der Waals surface area contributed by atoms with E-state index in [-0.39, 0.29) is 0 Å². The maximum atomic E-state index is 4.34. The Morgan fingerprint density at radius 1 is 1.38 bits per heavy atom. The lowest BCUT2D eigenvalue weighted by Gasteiger charge is -2.27. The van der Waals surface area contributed by atoms with E-state index in [0.29, 0.717) is 0 Å². The van der Waals surface area contributed by atoms with Crippen molar-refractivity contribution in [1.29, 1.82) is 0 Å². The first-order valence-corrected chi connectivity index (χ1v) is 6.94. The third kappa shape index (κ3) is 3.01. The van der Waals surface area contributed by atoms with Crippen molar-refractivity contribution in [3.05, 3.63) is 12.4 Å². The molecule has 4 nitrogen and oxygen atoms in total. The molecule has 0 atom stereocenters. The minimum Gasteiger partial charge on any atom is -0.370 e. The summed E-state index contributed by atoms with van der Waals surface area (Å²) in [6, 6.07) is 2.05. The van der Waals surface area contributed by atoms with Gasteiger partial charge in [0, 0.05) is 37.2 Å². The molecule has 0 bridgehead atoms. The quantitative estimate of drug-likeness (QED) is 0.867. The second kappa shape index (κ2) is 5.94. The average Bonchev–Trinajstić information content (AvgIpc) is 2.38. The molecular formula is C11H18N4S. The highest BCUT2D eigenvalue weighted by atomic mass is 32.2. The molecule has 1 fully saturated rings. The van der Waals surface area contributed by atoms with E-state index in [2.05, 4.69) is 27.1 Å². The molecule has 1 aromatic rings. The van der Waals surface area contributed by atoms with Crippen molar-refractivity contribution in [1.82, 2.24) is 9.97 Å². The van der Waals surface area contributed by atoms with E-state index in [9.17, 15) is 0 Å². The molecule has 1 saturated heterocycles. The Morgan fingerprint density at radius 2 is 2.19 bits per heavy atom. The van der Waals surface area contributed by atoms with Gasteiger partial charge in [0.15, 0.2) is 0 Å². The van der Waals surface area contributed by atoms with Crippen LogP contribution in [-0.4, -0.2) is 41.1 Å². The van der Waals surface area contributed by atoms with Crippen LogP contribution in [0.4, 0.5) is 11.6 Å². The number of nitrogens with zero attached hydrogens (tertiary/aromatic N) is 3. The summed E-state index contributed by atoms with van der Waals surface area (Å²) in [5.41, 5.74) is 0. The fraction of sp³-hybridized carbons (Fsp3) is 0.636. The molecule has 0 radical (unpaired) electrons. The minimum absolute atomic E-state index is 0.935. The first kappa shape index (κ1) is 11.5. The van der Waals surface area contributed by atoms with Gasteiger partial charge in [-0.05, 0) is 6.42 Å². The number of anilines is 2. The highest BCUT2D eigenvalue weighted by Gasteiger charge is 2.12. The van der Waals surface area contributed by atoms with Crippen LogP contribution >= 0.6 is 11.8 Å². The largest absolute Gasteiger partial charge is 0.370 e. The molecular weight excluding hydrogens is 220 g/mol. The van der Waals surface area contributed by atoms with Crippen LogP contribution in [0.3, 0.4) is 0 Å². The van der Waals surface area contributed by atoms with Crippen LogP contribution in [0.25, 0.3) is 0 Å². The Balaban J connectivity index is 2.02. The van der Waals surface area contributed by atoms with Crippen LogP contribution in [0, 0.1) is 0 Å². The number of aromatic nitrogens is 2. The smallest absolute Gasteiger partial charge is 0.134 e. The molecule has 16 heavy (non-hydrogen) atoms. The molecule has 2 rings (SSSR count). The highest BCUT2D eigenvalue weighted by molar-refractivity contribution is 7.99. The number of hydrogen-bond donors (Lipinski definition) is 1. The predicted octanol–water partition coefficient (Wildman–Crippen LogP) is 1.85. The molecule has 0 aliphatic carbocycles. The van der Waals surface area contributed by atoms with Gasteiger partial charge in [0.25, 0.3) is 0 Å². The Bertz CT molecular complexity index is 326. The summed E-state index contributed by atoms with van der Waals surface area (Å²) in [7, 11) is 0. The molecule has 0 saturated carbocycles. The molecule has 2 heterocycles. The summed E-state index contributed by atoms with van der Waals surface area (Å²) >= 11 is 2.01. The van der Waals surface area contributed by atoms with Crippen LogP contribution in [-0.2, 0) is 0 Å². The molecule has 1 aliphatic rings. The van der Waals surface area contributed by atoms with Crippen molar-refractivity contribution < 1.29 is 0 Å². The van der Waals surface area contributed by atoms with Crippen molar-refractivity contribution >= 4 is 23.4 Å². The SMILES string of the molecule is CCCNc1cc(N2CCSCC2)ncn1. The van der Waals surface area contributed by atoms with E-state index in [0.717, 1.165) is 37.7 Å². The zero-order valence-corrected chi connectivity index (χ0v) is 10.5. The van der Waals surface area contributed by atoms with E-state index in [1.807, 2.05) is 17.8 Å². The lowest BCUT2D eigenvalue weighted by molar-refractivity contribution is 0.834. The van der Waals surface area contributed by atoms with E-state index < -0.39 is 0 Å². The summed E-state index contributed by atoms with van der Waals surface area (Å²) in [5, 5.41) is 3.29. The van der Waals surface area contributed by atoms with Crippen LogP contribution in [0.2, 0.25) is 0 Å². The maximum Gasteiger partial charge on any atom is 0.134 e. The van der Waals surface area contributed by atoms with Crippen LogP contribution in [0.5, 0.6) is 0 Å². The van der Waals surface area contributed by atoms with Crippen LogP contribution in [0.1, 0.15) is 13.3 Å². The Labute approximate surface area is 101 Å². The normalized spacial score (nSPS) is 16.2. The zero-order chi connectivity index (χ0) is 11.2. The third-order valence-corrected chi connectivity index (χ3v) is 3.49. The van der Waals surface area contributed by atoms with Crippen molar-refractivity contribution in [3.63, 3.8) is 0 Å². The van der Waals surface area contributed by atoms with Crippen molar-refractivity contribution in [2.24, 2.45) is 0 Å². The molecule has 0 aromatic carbocycles. The molecule has 1 aromatic heterocycles. The second-order valence-electron chi connectivity index (χ2n) is 3.79. The Morgan fingerprint density at radius 3 is 2.94 bits per heavy atom. The molecule has 1 aliphatic heterocycles. The van der Waals surface area contributed by atoms with E-state index in [1.54, 1.807) is 6.33 Å². The van der Waals surface area contributed by atoms with E-state index in [4.69, 9.17) is 0 Å². The summed E-state index contributed by atoms with van der Waals surface area (Å²) in [6.45, 7) is 5.30. The topological polar surface area (TPSA) is 41.0 Å². The van der Waals surface area contributed by atoms with E-state index in [1.165, 1.54) is 11.5 Å². The van der Waals surface area contributed by atoms with Crippen LogP contribution < -0.4 is 10.2 Å². The first-order chi connectivity index (χ1) is 7.90. The molecule has 0 unspecified atom stereocenters. The molecule has 0 spiro atoms. The number of nitrogens with one attached hydrogen (secondary N) is 1. The number of thioether (sulfide) groups is 1. The lowest BCUT2D eigenvalue weighted by Crippen LogP contribution is -2.33.